The second kappa shape index (κ2) is 5.51. The van der Waals surface area contributed by atoms with Crippen LogP contribution < -0.4 is 0 Å². The summed E-state index contributed by atoms with van der Waals surface area (Å²) in [5.74, 6) is 0. The summed E-state index contributed by atoms with van der Waals surface area (Å²) in [4.78, 5) is 11.3. The van der Waals surface area contributed by atoms with Crippen LogP contribution >= 0.6 is 22.7 Å². The Hall–Kier alpha value is -2.56. The molecule has 0 N–H and O–H groups in total. The van der Waals surface area contributed by atoms with Gasteiger partial charge in [0.15, 0.2) is 0 Å². The van der Waals surface area contributed by atoms with Crippen molar-refractivity contribution in [3.8, 4) is 21.1 Å². The van der Waals surface area contributed by atoms with Crippen molar-refractivity contribution in [3.05, 3.63) is 73.1 Å². The molecule has 0 fully saturated rings. The lowest BCUT2D eigenvalue weighted by Crippen LogP contribution is -1.85. The summed E-state index contributed by atoms with van der Waals surface area (Å²) in [6, 6.07) is 23.4. The summed E-state index contributed by atoms with van der Waals surface area (Å²) in [6.07, 6.45) is 1.67. The highest BCUT2D eigenvalue weighted by molar-refractivity contribution is 7.22. The molecule has 114 valence electrons. The van der Waals surface area contributed by atoms with E-state index in [1.807, 2.05) is 0 Å². The molecule has 0 amide bonds. The van der Waals surface area contributed by atoms with Gasteiger partial charge in [-0.3, -0.25) is 0 Å². The smallest absolute Gasteiger partial charge is 0.116 e. The first kappa shape index (κ1) is 13.8. The van der Waals surface area contributed by atoms with Crippen LogP contribution in [0.1, 0.15) is 0 Å². The first-order valence-corrected chi connectivity index (χ1v) is 9.30. The molecule has 0 bridgehead atoms. The van der Waals surface area contributed by atoms with Gasteiger partial charge in [-0.2, -0.15) is 0 Å². The van der Waals surface area contributed by atoms with E-state index < -0.39 is 0 Å². The summed E-state index contributed by atoms with van der Waals surface area (Å²) >= 11 is 3.54. The number of benzene rings is 2. The van der Waals surface area contributed by atoms with Crippen molar-refractivity contribution in [2.75, 3.05) is 0 Å². The third-order valence-electron chi connectivity index (χ3n) is 4.02. The zero-order valence-corrected chi connectivity index (χ0v) is 14.3. The highest BCUT2D eigenvalue weighted by Gasteiger charge is 2.10. The van der Waals surface area contributed by atoms with Crippen LogP contribution in [0.15, 0.2) is 73.1 Å². The van der Waals surface area contributed by atoms with E-state index in [0.29, 0.717) is 0 Å². The topological polar surface area (TPSA) is 25.8 Å². The molecule has 4 heteroatoms. The Balaban J connectivity index is 1.62. The predicted molar refractivity (Wildman–Crippen MR) is 104 cm³/mol. The van der Waals surface area contributed by atoms with Gasteiger partial charge in [0.25, 0.3) is 0 Å². The Bertz CT molecular complexity index is 1020. The molecular weight excluding hydrogens is 332 g/mol. The number of aromatic nitrogens is 2. The summed E-state index contributed by atoms with van der Waals surface area (Å²) in [5.41, 5.74) is 1.97. The fourth-order valence-electron chi connectivity index (χ4n) is 2.84. The van der Waals surface area contributed by atoms with E-state index >= 15 is 0 Å². The third-order valence-corrected chi connectivity index (χ3v) is 6.30. The van der Waals surface area contributed by atoms with Gasteiger partial charge >= 0.3 is 0 Å². The molecule has 0 radical (unpaired) electrons. The Labute approximate surface area is 147 Å². The van der Waals surface area contributed by atoms with Crippen molar-refractivity contribution < 1.29 is 0 Å². The lowest BCUT2D eigenvalue weighted by atomic mass is 10.2. The zero-order chi connectivity index (χ0) is 15.9. The Morgan fingerprint density at radius 1 is 0.583 bits per heavy atom. The first-order valence-electron chi connectivity index (χ1n) is 7.67. The molecule has 5 rings (SSSR count). The van der Waals surface area contributed by atoms with E-state index in [4.69, 9.17) is 0 Å². The molecule has 0 unspecified atom stereocenters. The quantitative estimate of drug-likeness (QED) is 0.379. The highest BCUT2D eigenvalue weighted by atomic mass is 32.1. The number of fused-ring (bicyclic) bond motifs is 2. The minimum atomic E-state index is 0.985. The van der Waals surface area contributed by atoms with Crippen LogP contribution in [0.5, 0.6) is 0 Å². The predicted octanol–water partition coefficient (Wildman–Crippen LogP) is 6.24. The monoisotopic (exact) mass is 344 g/mol. The largest absolute Gasteiger partial charge is 0.235 e. The molecule has 0 spiro atoms. The van der Waals surface area contributed by atoms with Gasteiger partial charge in [-0.05, 0) is 41.1 Å². The van der Waals surface area contributed by atoms with E-state index in [9.17, 15) is 0 Å². The molecule has 3 heterocycles. The highest BCUT2D eigenvalue weighted by Crippen LogP contribution is 2.36. The third kappa shape index (κ3) is 2.31. The van der Waals surface area contributed by atoms with Crippen molar-refractivity contribution >= 4 is 42.8 Å². The van der Waals surface area contributed by atoms with E-state index in [2.05, 4.69) is 76.7 Å². The Kier molecular flexibility index (Phi) is 3.18. The molecule has 0 aliphatic carbocycles. The molecule has 24 heavy (non-hydrogen) atoms. The molecule has 0 saturated carbocycles. The van der Waals surface area contributed by atoms with E-state index in [1.54, 1.807) is 29.0 Å². The first-order chi connectivity index (χ1) is 11.9. The summed E-state index contributed by atoms with van der Waals surface area (Å²) in [7, 11) is 0. The molecule has 0 atom stereocenters. The minimum absolute atomic E-state index is 0.985. The van der Waals surface area contributed by atoms with Gasteiger partial charge in [0, 0.05) is 9.40 Å². The van der Waals surface area contributed by atoms with Gasteiger partial charge < -0.3 is 0 Å². The second-order valence-electron chi connectivity index (χ2n) is 5.59. The van der Waals surface area contributed by atoms with Crippen LogP contribution in [0.2, 0.25) is 0 Å². The van der Waals surface area contributed by atoms with E-state index in [0.717, 1.165) is 11.4 Å². The van der Waals surface area contributed by atoms with Crippen LogP contribution in [-0.4, -0.2) is 9.97 Å². The average molecular weight is 344 g/mol. The van der Waals surface area contributed by atoms with Gasteiger partial charge in [0.1, 0.15) is 6.33 Å². The molecule has 0 saturated heterocycles. The van der Waals surface area contributed by atoms with Crippen LogP contribution in [-0.2, 0) is 0 Å². The van der Waals surface area contributed by atoms with Crippen molar-refractivity contribution in [1.29, 1.82) is 0 Å². The standard InChI is InChI=1S/C20H12N2S2/c1-3-7-17-13(5-1)9-19(23-17)15-11-16(22-12-21-15)20-10-14-6-2-4-8-18(14)24-20/h1-12H. The normalized spacial score (nSPS) is 11.3. The van der Waals surface area contributed by atoms with Gasteiger partial charge in [-0.15, -0.1) is 22.7 Å². The van der Waals surface area contributed by atoms with Crippen molar-refractivity contribution in [1.82, 2.24) is 9.97 Å². The maximum absolute atomic E-state index is 4.49. The molecule has 2 aromatic carbocycles. The van der Waals surface area contributed by atoms with E-state index in [-0.39, 0.29) is 0 Å². The molecule has 5 aromatic rings. The number of hydrogen-bond acceptors (Lipinski definition) is 4. The van der Waals surface area contributed by atoms with Crippen molar-refractivity contribution in [2.24, 2.45) is 0 Å². The van der Waals surface area contributed by atoms with Gasteiger partial charge in [0.05, 0.1) is 21.1 Å². The number of rotatable bonds is 2. The zero-order valence-electron chi connectivity index (χ0n) is 12.6. The van der Waals surface area contributed by atoms with Crippen molar-refractivity contribution in [3.63, 3.8) is 0 Å². The fraction of sp³-hybridized carbons (Fsp3) is 0. The van der Waals surface area contributed by atoms with Crippen LogP contribution in [0.25, 0.3) is 41.3 Å². The molecule has 0 aliphatic rings. The van der Waals surface area contributed by atoms with Gasteiger partial charge in [-0.1, -0.05) is 36.4 Å². The summed E-state index contributed by atoms with van der Waals surface area (Å²) < 4.78 is 2.57. The molecule has 2 nitrogen and oxygen atoms in total. The van der Waals surface area contributed by atoms with E-state index in [1.165, 1.54) is 29.9 Å². The summed E-state index contributed by atoms with van der Waals surface area (Å²) in [6.45, 7) is 0. The molecule has 3 aromatic heterocycles. The van der Waals surface area contributed by atoms with Gasteiger partial charge in [-0.25, -0.2) is 9.97 Å². The second-order valence-corrected chi connectivity index (χ2v) is 7.75. The lowest BCUT2D eigenvalue weighted by Gasteiger charge is -1.99. The van der Waals surface area contributed by atoms with Crippen LogP contribution in [0.3, 0.4) is 0 Å². The molecule has 0 aliphatic heterocycles. The minimum Gasteiger partial charge on any atom is -0.235 e. The lowest BCUT2D eigenvalue weighted by molar-refractivity contribution is 1.19. The van der Waals surface area contributed by atoms with Crippen LogP contribution in [0, 0.1) is 0 Å². The van der Waals surface area contributed by atoms with Crippen LogP contribution in [0.4, 0.5) is 0 Å². The molecular formula is C20H12N2S2. The number of hydrogen-bond donors (Lipinski definition) is 0. The Morgan fingerprint density at radius 2 is 1.08 bits per heavy atom. The summed E-state index contributed by atoms with van der Waals surface area (Å²) in [5, 5.41) is 2.53. The fourth-order valence-corrected chi connectivity index (χ4v) is 4.90. The maximum Gasteiger partial charge on any atom is 0.116 e. The SMILES string of the molecule is c1ccc2sc(-c3cc(-c4cc5ccccc5s4)ncn3)cc2c1. The Morgan fingerprint density at radius 3 is 1.58 bits per heavy atom. The van der Waals surface area contributed by atoms with Gasteiger partial charge in [0.2, 0.25) is 0 Å². The average Bonchev–Trinajstić information content (AvgIpc) is 3.26. The number of nitrogens with zero attached hydrogens (tertiary/aromatic N) is 2. The maximum atomic E-state index is 4.49. The number of thiophene rings is 2. The van der Waals surface area contributed by atoms with Crippen molar-refractivity contribution in [2.45, 2.75) is 0 Å².